The number of anilines is 1. The lowest BCUT2D eigenvalue weighted by molar-refractivity contribution is -0.137. The van der Waals surface area contributed by atoms with Gasteiger partial charge in [-0.3, -0.25) is 4.79 Å². The largest absolute Gasteiger partial charge is 0.460 e. The van der Waals surface area contributed by atoms with Gasteiger partial charge in [0.2, 0.25) is 0 Å². The second kappa shape index (κ2) is 10.8. The van der Waals surface area contributed by atoms with Crippen LogP contribution in [0.1, 0.15) is 15.9 Å². The Labute approximate surface area is 209 Å². The summed E-state index contributed by atoms with van der Waals surface area (Å²) in [6.45, 7) is 0.452. The van der Waals surface area contributed by atoms with Gasteiger partial charge in [-0.05, 0) is 60.7 Å². The van der Waals surface area contributed by atoms with E-state index in [1.807, 2.05) is 0 Å². The van der Waals surface area contributed by atoms with Crippen molar-refractivity contribution in [2.24, 2.45) is 0 Å². The summed E-state index contributed by atoms with van der Waals surface area (Å²) in [5.74, 6) is -0.162. The van der Waals surface area contributed by atoms with Crippen LogP contribution in [0.4, 0.5) is 18.9 Å². The van der Waals surface area contributed by atoms with Crippen LogP contribution in [-0.4, -0.2) is 41.0 Å². The number of halogens is 4. The Kier molecular flexibility index (Phi) is 7.56. The third-order valence-electron chi connectivity index (χ3n) is 5.03. The van der Waals surface area contributed by atoms with Crippen LogP contribution in [0, 0.1) is 0 Å². The molecule has 0 aliphatic rings. The van der Waals surface area contributed by atoms with Gasteiger partial charge in [0.15, 0.2) is 5.82 Å². The smallest absolute Gasteiger partial charge is 0.416 e. The molecule has 3 aromatic carbocycles. The molecule has 7 nitrogen and oxygen atoms in total. The number of carbonyl (C=O) groups is 1. The zero-order valence-electron chi connectivity index (χ0n) is 18.9. The van der Waals surface area contributed by atoms with Crippen LogP contribution < -0.4 is 10.1 Å². The number of amides is 1. The molecule has 0 atom stereocenters. The molecule has 0 unspecified atom stereocenters. The van der Waals surface area contributed by atoms with Crippen molar-refractivity contribution < 1.29 is 27.4 Å². The van der Waals surface area contributed by atoms with E-state index in [1.165, 1.54) is 23.9 Å². The minimum absolute atomic E-state index is 0.0143. The van der Waals surface area contributed by atoms with E-state index in [2.05, 4.69) is 15.4 Å². The third-order valence-corrected chi connectivity index (χ3v) is 5.28. The molecule has 1 heterocycles. The molecule has 0 aliphatic carbocycles. The average molecular weight is 517 g/mol. The third kappa shape index (κ3) is 6.02. The van der Waals surface area contributed by atoms with E-state index < -0.39 is 11.7 Å². The van der Waals surface area contributed by atoms with Gasteiger partial charge in [0.05, 0.1) is 17.9 Å². The van der Waals surface area contributed by atoms with E-state index in [0.29, 0.717) is 22.0 Å². The Morgan fingerprint density at radius 1 is 1.03 bits per heavy atom. The van der Waals surface area contributed by atoms with Gasteiger partial charge in [0, 0.05) is 28.9 Å². The second-order valence-electron chi connectivity index (χ2n) is 7.56. The van der Waals surface area contributed by atoms with E-state index >= 15 is 0 Å². The van der Waals surface area contributed by atoms with E-state index in [1.54, 1.807) is 48.5 Å². The lowest BCUT2D eigenvalue weighted by Crippen LogP contribution is -2.11. The standard InChI is InChI=1S/C25H20ClF3N4O3/c1-35-13-14-36-24-31-22(17-3-2-4-18(15-17)25(27,28)29)33(32-24)21-11-9-20(10-12-21)30-23(34)16-5-7-19(26)8-6-16/h2-12,15H,13-14H2,1H3,(H,30,34). The summed E-state index contributed by atoms with van der Waals surface area (Å²) in [5.41, 5.74) is 0.845. The summed E-state index contributed by atoms with van der Waals surface area (Å²) < 4.78 is 51.7. The van der Waals surface area contributed by atoms with E-state index in [4.69, 9.17) is 21.1 Å². The fourth-order valence-electron chi connectivity index (χ4n) is 3.26. The van der Waals surface area contributed by atoms with Crippen molar-refractivity contribution in [3.05, 3.63) is 88.9 Å². The van der Waals surface area contributed by atoms with Crippen molar-refractivity contribution in [2.45, 2.75) is 6.18 Å². The van der Waals surface area contributed by atoms with Crippen molar-refractivity contribution in [3.63, 3.8) is 0 Å². The molecule has 0 aliphatic heterocycles. The number of methoxy groups -OCH3 is 1. The monoisotopic (exact) mass is 516 g/mol. The Morgan fingerprint density at radius 2 is 1.75 bits per heavy atom. The van der Waals surface area contributed by atoms with Crippen molar-refractivity contribution in [2.75, 3.05) is 25.6 Å². The first-order valence-electron chi connectivity index (χ1n) is 10.7. The molecule has 4 rings (SSSR count). The van der Waals surface area contributed by atoms with Gasteiger partial charge in [0.25, 0.3) is 5.91 Å². The number of hydrogen-bond donors (Lipinski definition) is 1. The van der Waals surface area contributed by atoms with Crippen LogP contribution in [0.15, 0.2) is 72.8 Å². The number of nitrogens with one attached hydrogen (secondary N) is 1. The molecule has 0 bridgehead atoms. The minimum atomic E-state index is -4.51. The van der Waals surface area contributed by atoms with E-state index in [-0.39, 0.29) is 36.5 Å². The highest BCUT2D eigenvalue weighted by Gasteiger charge is 2.31. The zero-order chi connectivity index (χ0) is 25.7. The molecule has 0 saturated heterocycles. The summed E-state index contributed by atoms with van der Waals surface area (Å²) >= 11 is 5.86. The predicted molar refractivity (Wildman–Crippen MR) is 129 cm³/mol. The van der Waals surface area contributed by atoms with Crippen molar-refractivity contribution in [3.8, 4) is 23.1 Å². The highest BCUT2D eigenvalue weighted by molar-refractivity contribution is 6.30. The Morgan fingerprint density at radius 3 is 2.42 bits per heavy atom. The molecule has 36 heavy (non-hydrogen) atoms. The summed E-state index contributed by atoms with van der Waals surface area (Å²) in [6, 6.07) is 17.8. The zero-order valence-corrected chi connectivity index (χ0v) is 19.7. The van der Waals surface area contributed by atoms with Crippen molar-refractivity contribution in [1.82, 2.24) is 14.8 Å². The number of alkyl halides is 3. The topological polar surface area (TPSA) is 78.3 Å². The van der Waals surface area contributed by atoms with Gasteiger partial charge in [-0.15, -0.1) is 5.10 Å². The Bertz CT molecular complexity index is 1340. The molecule has 11 heteroatoms. The number of benzene rings is 3. The first-order chi connectivity index (χ1) is 17.2. The van der Waals surface area contributed by atoms with Gasteiger partial charge in [-0.25, -0.2) is 4.68 Å². The molecule has 0 fully saturated rings. The summed E-state index contributed by atoms with van der Waals surface area (Å²) in [4.78, 5) is 16.8. The van der Waals surface area contributed by atoms with Gasteiger partial charge >= 0.3 is 12.2 Å². The highest BCUT2D eigenvalue weighted by Crippen LogP contribution is 2.33. The maximum absolute atomic E-state index is 13.3. The normalized spacial score (nSPS) is 11.4. The molecule has 1 aromatic heterocycles. The average Bonchev–Trinajstić information content (AvgIpc) is 3.29. The van der Waals surface area contributed by atoms with E-state index in [0.717, 1.165) is 12.1 Å². The number of aromatic nitrogens is 3. The molecule has 0 spiro atoms. The number of hydrogen-bond acceptors (Lipinski definition) is 5. The number of nitrogens with zero attached hydrogens (tertiary/aromatic N) is 3. The predicted octanol–water partition coefficient (Wildman–Crippen LogP) is 5.88. The molecule has 186 valence electrons. The van der Waals surface area contributed by atoms with Crippen LogP contribution >= 0.6 is 11.6 Å². The Hall–Kier alpha value is -3.89. The maximum atomic E-state index is 13.3. The first kappa shape index (κ1) is 25.2. The molecule has 1 N–H and O–H groups in total. The fourth-order valence-corrected chi connectivity index (χ4v) is 3.39. The summed E-state index contributed by atoms with van der Waals surface area (Å²) in [7, 11) is 1.51. The van der Waals surface area contributed by atoms with Gasteiger partial charge < -0.3 is 14.8 Å². The van der Waals surface area contributed by atoms with Crippen molar-refractivity contribution in [1.29, 1.82) is 0 Å². The number of carbonyl (C=O) groups excluding carboxylic acids is 1. The summed E-state index contributed by atoms with van der Waals surface area (Å²) in [5, 5.41) is 7.61. The molecule has 0 saturated carbocycles. The number of ether oxygens (including phenoxy) is 2. The Balaban J connectivity index is 1.63. The van der Waals surface area contributed by atoms with Crippen molar-refractivity contribution >= 4 is 23.2 Å². The fraction of sp³-hybridized carbons (Fsp3) is 0.160. The molecular formula is C25H20ClF3N4O3. The van der Waals surface area contributed by atoms with Crippen LogP contribution in [-0.2, 0) is 10.9 Å². The highest BCUT2D eigenvalue weighted by atomic mass is 35.5. The maximum Gasteiger partial charge on any atom is 0.416 e. The molecule has 0 radical (unpaired) electrons. The first-order valence-corrected chi connectivity index (χ1v) is 11.1. The number of rotatable bonds is 8. The van der Waals surface area contributed by atoms with E-state index in [9.17, 15) is 18.0 Å². The lowest BCUT2D eigenvalue weighted by Gasteiger charge is -2.10. The quantitative estimate of drug-likeness (QED) is 0.296. The molecule has 4 aromatic rings. The van der Waals surface area contributed by atoms with Gasteiger partial charge in [-0.2, -0.15) is 18.2 Å². The second-order valence-corrected chi connectivity index (χ2v) is 7.99. The van der Waals surface area contributed by atoms with Crippen LogP contribution in [0.5, 0.6) is 6.01 Å². The summed E-state index contributed by atoms with van der Waals surface area (Å²) in [6.07, 6.45) is -4.51. The van der Waals surface area contributed by atoms with Crippen LogP contribution in [0.3, 0.4) is 0 Å². The molecule has 1 amide bonds. The lowest BCUT2D eigenvalue weighted by atomic mass is 10.1. The van der Waals surface area contributed by atoms with Gasteiger partial charge in [-0.1, -0.05) is 23.7 Å². The van der Waals surface area contributed by atoms with Crippen LogP contribution in [0.25, 0.3) is 17.1 Å². The molecular weight excluding hydrogens is 497 g/mol. The minimum Gasteiger partial charge on any atom is -0.460 e. The van der Waals surface area contributed by atoms with Gasteiger partial charge in [0.1, 0.15) is 6.61 Å². The van der Waals surface area contributed by atoms with Crippen LogP contribution in [0.2, 0.25) is 5.02 Å². The SMILES string of the molecule is COCCOc1nc(-c2cccc(C(F)(F)F)c2)n(-c2ccc(NC(=O)c3ccc(Cl)cc3)cc2)n1.